The van der Waals surface area contributed by atoms with Gasteiger partial charge >= 0.3 is 0 Å². The van der Waals surface area contributed by atoms with Gasteiger partial charge in [0.1, 0.15) is 5.65 Å². The topological polar surface area (TPSA) is 57.9 Å². The third-order valence-electron chi connectivity index (χ3n) is 6.23. The highest BCUT2D eigenvalue weighted by Crippen LogP contribution is 2.40. The third-order valence-corrected chi connectivity index (χ3v) is 6.23. The summed E-state index contributed by atoms with van der Waals surface area (Å²) >= 11 is 0. The summed E-state index contributed by atoms with van der Waals surface area (Å²) in [4.78, 5) is 32.8. The van der Waals surface area contributed by atoms with Crippen molar-refractivity contribution >= 4 is 17.5 Å². The van der Waals surface area contributed by atoms with Gasteiger partial charge in [0.05, 0.1) is 0 Å². The monoisotopic (exact) mass is 372 g/mol. The summed E-state index contributed by atoms with van der Waals surface area (Å²) in [5, 5.41) is 0. The van der Waals surface area contributed by atoms with E-state index in [9.17, 15) is 14.0 Å². The van der Waals surface area contributed by atoms with E-state index >= 15 is 0 Å². The molecule has 2 fully saturated rings. The molecule has 7 heteroatoms. The number of aromatic nitrogens is 2. The zero-order valence-electron chi connectivity index (χ0n) is 15.9. The van der Waals surface area contributed by atoms with Gasteiger partial charge in [0, 0.05) is 38.8 Å². The molecule has 2 aromatic rings. The Morgan fingerprint density at radius 3 is 2.70 bits per heavy atom. The van der Waals surface area contributed by atoms with Gasteiger partial charge in [-0.2, -0.15) is 4.39 Å². The number of carbonyl (C=O) groups is 2. The summed E-state index contributed by atoms with van der Waals surface area (Å²) in [6, 6.07) is 3.60. The number of carbonyl (C=O) groups excluding carboxylic acids is 2. The van der Waals surface area contributed by atoms with E-state index in [1.54, 1.807) is 17.2 Å². The SMILES string of the molecule is CCN1CC2(CCC1=O)CCN(C(=O)c1nc3c(C)cccn3c1F)CC2. The maximum Gasteiger partial charge on any atom is 0.277 e. The van der Waals surface area contributed by atoms with Crippen molar-refractivity contribution in [1.82, 2.24) is 19.2 Å². The highest BCUT2D eigenvalue weighted by Gasteiger charge is 2.41. The molecule has 0 unspecified atom stereocenters. The smallest absolute Gasteiger partial charge is 0.277 e. The van der Waals surface area contributed by atoms with Crippen molar-refractivity contribution in [3.63, 3.8) is 0 Å². The number of piperidine rings is 2. The number of aryl methyl sites for hydroxylation is 1. The molecule has 0 radical (unpaired) electrons. The van der Waals surface area contributed by atoms with E-state index in [1.165, 1.54) is 4.40 Å². The van der Waals surface area contributed by atoms with Gasteiger partial charge in [-0.1, -0.05) is 6.07 Å². The molecule has 6 nitrogen and oxygen atoms in total. The first kappa shape index (κ1) is 17.9. The van der Waals surface area contributed by atoms with E-state index in [0.29, 0.717) is 25.2 Å². The number of nitrogens with zero attached hydrogens (tertiary/aromatic N) is 4. The normalized spacial score (nSPS) is 19.9. The Morgan fingerprint density at radius 1 is 1.30 bits per heavy atom. The molecule has 1 spiro atoms. The molecule has 2 saturated heterocycles. The lowest BCUT2D eigenvalue weighted by Crippen LogP contribution is -2.52. The van der Waals surface area contributed by atoms with Crippen molar-refractivity contribution in [3.8, 4) is 0 Å². The van der Waals surface area contributed by atoms with Gasteiger partial charge in [0.2, 0.25) is 11.9 Å². The Kier molecular flexibility index (Phi) is 4.40. The predicted octanol–water partition coefficient (Wildman–Crippen LogP) is 2.65. The van der Waals surface area contributed by atoms with Crippen LogP contribution in [0.25, 0.3) is 5.65 Å². The van der Waals surface area contributed by atoms with E-state index < -0.39 is 5.95 Å². The Morgan fingerprint density at radius 2 is 2.04 bits per heavy atom. The number of rotatable bonds is 2. The van der Waals surface area contributed by atoms with Crippen molar-refractivity contribution in [1.29, 1.82) is 0 Å². The van der Waals surface area contributed by atoms with Crippen molar-refractivity contribution in [2.75, 3.05) is 26.2 Å². The van der Waals surface area contributed by atoms with Crippen LogP contribution in [0.3, 0.4) is 0 Å². The molecule has 0 saturated carbocycles. The first-order valence-electron chi connectivity index (χ1n) is 9.64. The van der Waals surface area contributed by atoms with E-state index in [2.05, 4.69) is 4.98 Å². The van der Waals surface area contributed by atoms with Gasteiger partial charge < -0.3 is 9.80 Å². The quantitative estimate of drug-likeness (QED) is 0.814. The Bertz CT molecular complexity index is 899. The fourth-order valence-electron chi connectivity index (χ4n) is 4.44. The molecule has 4 rings (SSSR count). The van der Waals surface area contributed by atoms with Crippen LogP contribution in [0.1, 0.15) is 48.7 Å². The van der Waals surface area contributed by atoms with E-state index in [1.807, 2.05) is 24.8 Å². The molecule has 0 aliphatic carbocycles. The van der Waals surface area contributed by atoms with Crippen LogP contribution in [0.4, 0.5) is 4.39 Å². The first-order chi connectivity index (χ1) is 12.9. The molecule has 0 N–H and O–H groups in total. The molecule has 2 amide bonds. The minimum Gasteiger partial charge on any atom is -0.342 e. The van der Waals surface area contributed by atoms with E-state index in [-0.39, 0.29) is 22.9 Å². The van der Waals surface area contributed by atoms with Crippen LogP contribution in [0.2, 0.25) is 0 Å². The minimum atomic E-state index is -0.598. The summed E-state index contributed by atoms with van der Waals surface area (Å²) in [6.45, 7) is 6.52. The molecule has 2 aliphatic heterocycles. The van der Waals surface area contributed by atoms with Crippen LogP contribution in [0, 0.1) is 18.3 Å². The molecule has 27 heavy (non-hydrogen) atoms. The zero-order valence-corrected chi connectivity index (χ0v) is 15.9. The predicted molar refractivity (Wildman–Crippen MR) is 98.9 cm³/mol. The highest BCUT2D eigenvalue weighted by atomic mass is 19.1. The average Bonchev–Trinajstić information content (AvgIpc) is 3.02. The van der Waals surface area contributed by atoms with Crippen molar-refractivity contribution in [2.24, 2.45) is 5.41 Å². The number of hydrogen-bond donors (Lipinski definition) is 0. The molecule has 144 valence electrons. The number of amides is 2. The van der Waals surface area contributed by atoms with Crippen molar-refractivity contribution in [2.45, 2.75) is 39.5 Å². The molecular formula is C20H25FN4O2. The van der Waals surface area contributed by atoms with Crippen LogP contribution in [0.15, 0.2) is 18.3 Å². The zero-order chi connectivity index (χ0) is 19.2. The van der Waals surface area contributed by atoms with Crippen LogP contribution < -0.4 is 0 Å². The summed E-state index contributed by atoms with van der Waals surface area (Å²) < 4.78 is 16.0. The van der Waals surface area contributed by atoms with Crippen molar-refractivity contribution in [3.05, 3.63) is 35.5 Å². The van der Waals surface area contributed by atoms with Gasteiger partial charge in [-0.25, -0.2) is 4.98 Å². The van der Waals surface area contributed by atoms with Crippen LogP contribution in [-0.2, 0) is 4.79 Å². The van der Waals surface area contributed by atoms with Crippen LogP contribution in [0.5, 0.6) is 0 Å². The van der Waals surface area contributed by atoms with Crippen molar-refractivity contribution < 1.29 is 14.0 Å². The first-order valence-corrected chi connectivity index (χ1v) is 9.64. The Hall–Kier alpha value is -2.44. The highest BCUT2D eigenvalue weighted by molar-refractivity contribution is 5.93. The average molecular weight is 372 g/mol. The summed E-state index contributed by atoms with van der Waals surface area (Å²) in [6.07, 6.45) is 4.74. The molecule has 2 aliphatic rings. The summed E-state index contributed by atoms with van der Waals surface area (Å²) in [5.74, 6) is -0.715. The third kappa shape index (κ3) is 2.99. The van der Waals surface area contributed by atoms with E-state index in [0.717, 1.165) is 37.9 Å². The molecule has 2 aromatic heterocycles. The summed E-state index contributed by atoms with van der Waals surface area (Å²) in [5.41, 5.74) is 1.31. The second-order valence-corrected chi connectivity index (χ2v) is 7.84. The Balaban J connectivity index is 1.50. The van der Waals surface area contributed by atoms with Gasteiger partial charge in [0.25, 0.3) is 5.91 Å². The maximum absolute atomic E-state index is 14.7. The molecular weight excluding hydrogens is 347 g/mol. The second-order valence-electron chi connectivity index (χ2n) is 7.84. The summed E-state index contributed by atoms with van der Waals surface area (Å²) in [7, 11) is 0. The number of pyridine rings is 1. The minimum absolute atomic E-state index is 0.0920. The second kappa shape index (κ2) is 6.62. The van der Waals surface area contributed by atoms with Crippen LogP contribution in [-0.4, -0.2) is 57.2 Å². The van der Waals surface area contributed by atoms with Crippen LogP contribution >= 0.6 is 0 Å². The van der Waals surface area contributed by atoms with Gasteiger partial charge in [-0.15, -0.1) is 0 Å². The number of halogens is 1. The molecule has 4 heterocycles. The number of hydrogen-bond acceptors (Lipinski definition) is 3. The van der Waals surface area contributed by atoms with Gasteiger partial charge in [-0.3, -0.25) is 14.0 Å². The lowest BCUT2D eigenvalue weighted by Gasteiger charge is -2.47. The lowest BCUT2D eigenvalue weighted by atomic mass is 9.72. The fourth-order valence-corrected chi connectivity index (χ4v) is 4.44. The number of imidazole rings is 1. The lowest BCUT2D eigenvalue weighted by molar-refractivity contribution is -0.138. The maximum atomic E-state index is 14.7. The molecule has 0 aromatic carbocycles. The van der Waals surface area contributed by atoms with E-state index in [4.69, 9.17) is 0 Å². The van der Waals surface area contributed by atoms with Gasteiger partial charge in [-0.05, 0) is 50.2 Å². The standard InChI is InChI=1S/C20H25FN4O2/c1-3-23-13-20(7-6-15(23)26)8-11-24(12-9-20)19(27)16-17(21)25-10-4-5-14(2)18(25)22-16/h4-5,10H,3,6-9,11-13H2,1-2H3. The number of fused-ring (bicyclic) bond motifs is 1. The largest absolute Gasteiger partial charge is 0.342 e. The number of likely N-dealkylation sites (tertiary alicyclic amines) is 2. The van der Waals surface area contributed by atoms with Gasteiger partial charge in [0.15, 0.2) is 5.69 Å². The molecule has 0 atom stereocenters. The Labute approximate surface area is 158 Å². The fraction of sp³-hybridized carbons (Fsp3) is 0.550. The molecule has 0 bridgehead atoms.